The third-order valence-electron chi connectivity index (χ3n) is 2.96. The number of rotatable bonds is 7. The molecule has 1 saturated carbocycles. The predicted octanol–water partition coefficient (Wildman–Crippen LogP) is 2.62. The Morgan fingerprint density at radius 1 is 1.56 bits per heavy atom. The topological polar surface area (TPSA) is 55.6 Å². The maximum atomic E-state index is 11.5. The summed E-state index contributed by atoms with van der Waals surface area (Å²) in [6.45, 7) is 5.22. The quantitative estimate of drug-likeness (QED) is 0.698. The van der Waals surface area contributed by atoms with E-state index in [9.17, 15) is 4.79 Å². The summed E-state index contributed by atoms with van der Waals surface area (Å²) in [4.78, 5) is 17.9. The number of hydrogen-bond acceptors (Lipinski definition) is 5. The van der Waals surface area contributed by atoms with E-state index in [0.29, 0.717) is 18.7 Å². The molecule has 100 valence electrons. The van der Waals surface area contributed by atoms with Gasteiger partial charge in [0.1, 0.15) is 6.26 Å². The van der Waals surface area contributed by atoms with Gasteiger partial charge in [-0.3, -0.25) is 0 Å². The molecule has 0 saturated heterocycles. The summed E-state index contributed by atoms with van der Waals surface area (Å²) < 4.78 is 10.3. The van der Waals surface area contributed by atoms with E-state index in [4.69, 9.17) is 9.15 Å². The molecule has 1 aromatic rings. The average Bonchev–Trinajstić information content (AvgIpc) is 3.07. The summed E-state index contributed by atoms with van der Waals surface area (Å²) in [5, 5.41) is 0. The van der Waals surface area contributed by atoms with Gasteiger partial charge >= 0.3 is 5.97 Å². The number of esters is 1. The molecule has 1 aromatic heterocycles. The zero-order chi connectivity index (χ0) is 13.0. The summed E-state index contributed by atoms with van der Waals surface area (Å²) in [5.41, 5.74) is 0.258. The molecule has 0 aromatic carbocycles. The van der Waals surface area contributed by atoms with E-state index in [1.165, 1.54) is 19.1 Å². The highest BCUT2D eigenvalue weighted by Crippen LogP contribution is 2.31. The Kier molecular flexibility index (Phi) is 4.23. The standard InChI is InChI=1S/C13H20N2O3/c1-3-5-8-15(10-6-7-10)13-14-11(9-18-13)12(16)17-4-2/h9-10H,3-8H2,1-2H3. The minimum Gasteiger partial charge on any atom is -0.461 e. The van der Waals surface area contributed by atoms with Crippen molar-refractivity contribution in [1.29, 1.82) is 0 Å². The fraction of sp³-hybridized carbons (Fsp3) is 0.692. The maximum absolute atomic E-state index is 11.5. The second-order valence-corrected chi connectivity index (χ2v) is 4.51. The summed E-state index contributed by atoms with van der Waals surface area (Å²) >= 11 is 0. The molecule has 5 nitrogen and oxygen atoms in total. The van der Waals surface area contributed by atoms with E-state index in [1.54, 1.807) is 6.92 Å². The molecule has 1 aliphatic carbocycles. The van der Waals surface area contributed by atoms with Gasteiger partial charge in [-0.15, -0.1) is 0 Å². The monoisotopic (exact) mass is 252 g/mol. The van der Waals surface area contributed by atoms with Crippen molar-refractivity contribution in [2.24, 2.45) is 0 Å². The first-order valence-electron chi connectivity index (χ1n) is 6.65. The lowest BCUT2D eigenvalue weighted by Gasteiger charge is -2.19. The minimum absolute atomic E-state index is 0.258. The first kappa shape index (κ1) is 12.9. The first-order chi connectivity index (χ1) is 8.76. The van der Waals surface area contributed by atoms with Crippen LogP contribution < -0.4 is 4.90 Å². The Labute approximate surface area is 107 Å². The van der Waals surface area contributed by atoms with Crippen LogP contribution in [0.15, 0.2) is 10.7 Å². The van der Waals surface area contributed by atoms with E-state index in [1.807, 2.05) is 0 Å². The van der Waals surface area contributed by atoms with Crippen LogP contribution in [0.2, 0.25) is 0 Å². The molecule has 1 aliphatic rings. The van der Waals surface area contributed by atoms with Gasteiger partial charge in [0.2, 0.25) is 0 Å². The fourth-order valence-corrected chi connectivity index (χ4v) is 1.84. The van der Waals surface area contributed by atoms with Gasteiger partial charge in [-0.1, -0.05) is 13.3 Å². The zero-order valence-electron chi connectivity index (χ0n) is 11.0. The van der Waals surface area contributed by atoms with E-state index in [2.05, 4.69) is 16.8 Å². The molecule has 2 rings (SSSR count). The van der Waals surface area contributed by atoms with Crippen LogP contribution in [0.1, 0.15) is 50.0 Å². The molecule has 0 bridgehead atoms. The van der Waals surface area contributed by atoms with Crippen LogP contribution in [0.3, 0.4) is 0 Å². The molecule has 0 aliphatic heterocycles. The number of anilines is 1. The van der Waals surface area contributed by atoms with Crippen molar-refractivity contribution in [3.8, 4) is 0 Å². The van der Waals surface area contributed by atoms with Gasteiger partial charge in [0, 0.05) is 12.6 Å². The van der Waals surface area contributed by atoms with Crippen molar-refractivity contribution >= 4 is 12.0 Å². The van der Waals surface area contributed by atoms with Crippen molar-refractivity contribution in [2.75, 3.05) is 18.1 Å². The van der Waals surface area contributed by atoms with E-state index < -0.39 is 5.97 Å². The van der Waals surface area contributed by atoms with Crippen molar-refractivity contribution < 1.29 is 13.9 Å². The van der Waals surface area contributed by atoms with Gasteiger partial charge < -0.3 is 14.1 Å². The number of aromatic nitrogens is 1. The minimum atomic E-state index is -0.418. The second-order valence-electron chi connectivity index (χ2n) is 4.51. The largest absolute Gasteiger partial charge is 0.461 e. The number of ether oxygens (including phenoxy) is 1. The van der Waals surface area contributed by atoms with Crippen LogP contribution in [0, 0.1) is 0 Å². The molecule has 18 heavy (non-hydrogen) atoms. The molecule has 1 heterocycles. The third kappa shape index (κ3) is 3.03. The third-order valence-corrected chi connectivity index (χ3v) is 2.96. The summed E-state index contributed by atoms with van der Waals surface area (Å²) in [7, 11) is 0. The van der Waals surface area contributed by atoms with E-state index in [-0.39, 0.29) is 5.69 Å². The highest BCUT2D eigenvalue weighted by atomic mass is 16.5. The smallest absolute Gasteiger partial charge is 0.360 e. The molecule has 0 radical (unpaired) electrons. The van der Waals surface area contributed by atoms with Crippen LogP contribution in [-0.4, -0.2) is 30.1 Å². The van der Waals surface area contributed by atoms with Crippen molar-refractivity contribution in [3.63, 3.8) is 0 Å². The molecule has 1 fully saturated rings. The lowest BCUT2D eigenvalue weighted by atomic mass is 10.3. The molecule has 0 atom stereocenters. The normalized spacial score (nSPS) is 14.6. The number of hydrogen-bond donors (Lipinski definition) is 0. The highest BCUT2D eigenvalue weighted by molar-refractivity contribution is 5.87. The Hall–Kier alpha value is -1.52. The van der Waals surface area contributed by atoms with Crippen LogP contribution >= 0.6 is 0 Å². The molecular weight excluding hydrogens is 232 g/mol. The van der Waals surface area contributed by atoms with Gasteiger partial charge in [0.15, 0.2) is 5.69 Å². The summed E-state index contributed by atoms with van der Waals surface area (Å²) in [6.07, 6.45) is 5.98. The Morgan fingerprint density at radius 2 is 2.33 bits per heavy atom. The van der Waals surface area contributed by atoms with Gasteiger partial charge in [-0.05, 0) is 26.2 Å². The van der Waals surface area contributed by atoms with Crippen molar-refractivity contribution in [2.45, 2.75) is 45.6 Å². The SMILES string of the molecule is CCCCN(c1nc(C(=O)OCC)co1)C1CC1. The molecule has 5 heteroatoms. The summed E-state index contributed by atoms with van der Waals surface area (Å²) in [6, 6.07) is 1.08. The Bertz CT molecular complexity index is 399. The van der Waals surface area contributed by atoms with E-state index >= 15 is 0 Å². The van der Waals surface area contributed by atoms with Crippen LogP contribution in [0.4, 0.5) is 6.01 Å². The van der Waals surface area contributed by atoms with Gasteiger partial charge in [0.25, 0.3) is 6.01 Å². The molecule has 0 spiro atoms. The molecule has 0 unspecified atom stereocenters. The van der Waals surface area contributed by atoms with Crippen LogP contribution in [0.25, 0.3) is 0 Å². The second kappa shape index (κ2) is 5.89. The van der Waals surface area contributed by atoms with Gasteiger partial charge in [-0.2, -0.15) is 4.98 Å². The lowest BCUT2D eigenvalue weighted by molar-refractivity contribution is 0.0519. The zero-order valence-corrected chi connectivity index (χ0v) is 11.0. The van der Waals surface area contributed by atoms with Crippen molar-refractivity contribution in [1.82, 2.24) is 4.98 Å². The summed E-state index contributed by atoms with van der Waals surface area (Å²) in [5.74, 6) is -0.418. The van der Waals surface area contributed by atoms with Crippen molar-refractivity contribution in [3.05, 3.63) is 12.0 Å². The fourth-order valence-electron chi connectivity index (χ4n) is 1.84. The van der Waals surface area contributed by atoms with E-state index in [0.717, 1.165) is 19.4 Å². The molecule has 0 N–H and O–H groups in total. The Morgan fingerprint density at radius 3 is 2.94 bits per heavy atom. The first-order valence-corrected chi connectivity index (χ1v) is 6.65. The molecular formula is C13H20N2O3. The van der Waals surface area contributed by atoms with Crippen LogP contribution in [-0.2, 0) is 4.74 Å². The predicted molar refractivity (Wildman–Crippen MR) is 67.7 cm³/mol. The maximum Gasteiger partial charge on any atom is 0.360 e. The lowest BCUT2D eigenvalue weighted by Crippen LogP contribution is -2.27. The Balaban J connectivity index is 2.04. The molecule has 0 amide bonds. The van der Waals surface area contributed by atoms with Gasteiger partial charge in [-0.25, -0.2) is 4.79 Å². The number of carbonyl (C=O) groups is 1. The number of unbranched alkanes of at least 4 members (excludes halogenated alkanes) is 1. The highest BCUT2D eigenvalue weighted by Gasteiger charge is 2.32. The number of oxazole rings is 1. The van der Waals surface area contributed by atoms with Crippen LogP contribution in [0.5, 0.6) is 0 Å². The van der Waals surface area contributed by atoms with Gasteiger partial charge in [0.05, 0.1) is 6.61 Å². The number of carbonyl (C=O) groups excluding carboxylic acids is 1. The number of nitrogens with zero attached hydrogens (tertiary/aromatic N) is 2. The average molecular weight is 252 g/mol.